The maximum atomic E-state index is 11.3. The van der Waals surface area contributed by atoms with E-state index < -0.39 is 17.4 Å². The van der Waals surface area contributed by atoms with Gasteiger partial charge in [0.25, 0.3) is 0 Å². The molecule has 0 aromatic heterocycles. The van der Waals surface area contributed by atoms with Gasteiger partial charge in [-0.15, -0.1) is 0 Å². The van der Waals surface area contributed by atoms with Gasteiger partial charge in [0.1, 0.15) is 6.04 Å². The molecule has 0 aromatic carbocycles. The molecule has 1 aliphatic carbocycles. The Bertz CT molecular complexity index is 408. The molecule has 2 bridgehead atoms. The van der Waals surface area contributed by atoms with E-state index in [2.05, 4.69) is 4.99 Å². The molecule has 17 heavy (non-hydrogen) atoms. The Hall–Kier alpha value is -1.72. The number of primary amides is 1. The van der Waals surface area contributed by atoms with E-state index in [1.54, 1.807) is 19.1 Å². The average molecular weight is 237 g/mol. The summed E-state index contributed by atoms with van der Waals surface area (Å²) >= 11 is 0. The first-order valence-corrected chi connectivity index (χ1v) is 5.54. The van der Waals surface area contributed by atoms with Crippen molar-refractivity contribution >= 4 is 12.1 Å². The number of carbonyl (C=O) groups excluding carboxylic acids is 1. The van der Waals surface area contributed by atoms with Gasteiger partial charge in [0.15, 0.2) is 0 Å². The summed E-state index contributed by atoms with van der Waals surface area (Å²) in [6, 6.07) is -1.02. The summed E-state index contributed by atoms with van der Waals surface area (Å²) < 4.78 is 0. The Morgan fingerprint density at radius 2 is 2.24 bits per heavy atom. The molecule has 5 atom stereocenters. The minimum atomic E-state index is -0.932. The number of aliphatic imine (C=N–C) groups is 1. The van der Waals surface area contributed by atoms with Crippen molar-refractivity contribution in [2.45, 2.75) is 25.9 Å². The Morgan fingerprint density at radius 3 is 2.76 bits per heavy atom. The van der Waals surface area contributed by atoms with E-state index in [-0.39, 0.29) is 22.8 Å². The van der Waals surface area contributed by atoms with Gasteiger partial charge in [0.2, 0.25) is 11.9 Å². The lowest BCUT2D eigenvalue weighted by molar-refractivity contribution is -0.552. The highest BCUT2D eigenvalue weighted by Gasteiger charge is 2.56. The number of hydrogen-bond donors (Lipinski definition) is 1. The molecule has 1 amide bonds. The van der Waals surface area contributed by atoms with Crippen LogP contribution in [-0.4, -0.2) is 29.1 Å². The average Bonchev–Trinajstić information content (AvgIpc) is 2.20. The van der Waals surface area contributed by atoms with Crippen LogP contribution in [0.1, 0.15) is 13.8 Å². The third kappa shape index (κ3) is 1.64. The van der Waals surface area contributed by atoms with E-state index >= 15 is 0 Å². The van der Waals surface area contributed by atoms with E-state index in [9.17, 15) is 14.9 Å². The van der Waals surface area contributed by atoms with Crippen LogP contribution in [0.2, 0.25) is 0 Å². The third-order valence-electron chi connectivity index (χ3n) is 3.84. The van der Waals surface area contributed by atoms with Crippen molar-refractivity contribution in [2.24, 2.45) is 28.0 Å². The molecule has 1 fully saturated rings. The zero-order chi connectivity index (χ0) is 12.8. The van der Waals surface area contributed by atoms with E-state index in [0.29, 0.717) is 0 Å². The van der Waals surface area contributed by atoms with Crippen LogP contribution in [0.15, 0.2) is 17.1 Å². The number of carbonyl (C=O) groups is 1. The summed E-state index contributed by atoms with van der Waals surface area (Å²) in [4.78, 5) is 26.1. The van der Waals surface area contributed by atoms with Crippen LogP contribution < -0.4 is 5.73 Å². The largest absolute Gasteiger partial charge is 0.369 e. The first kappa shape index (κ1) is 11.8. The highest BCUT2D eigenvalue weighted by Crippen LogP contribution is 2.42. The van der Waals surface area contributed by atoms with E-state index in [4.69, 9.17) is 5.73 Å². The number of fused-ring (bicyclic) bond motifs is 2. The van der Waals surface area contributed by atoms with Gasteiger partial charge in [-0.1, -0.05) is 19.1 Å². The van der Waals surface area contributed by atoms with Crippen molar-refractivity contribution in [3.63, 3.8) is 0 Å². The summed E-state index contributed by atoms with van der Waals surface area (Å²) in [5.74, 6) is -0.523. The lowest BCUT2D eigenvalue weighted by Gasteiger charge is -2.42. The van der Waals surface area contributed by atoms with Gasteiger partial charge in [0.05, 0.1) is 11.3 Å². The molecule has 6 nitrogen and oxygen atoms in total. The summed E-state index contributed by atoms with van der Waals surface area (Å²) in [7, 11) is 0. The van der Waals surface area contributed by atoms with E-state index in [0.717, 1.165) is 0 Å². The molecule has 0 saturated heterocycles. The van der Waals surface area contributed by atoms with Gasteiger partial charge in [-0.3, -0.25) is 19.9 Å². The minimum Gasteiger partial charge on any atom is -0.369 e. The number of nitro groups is 1. The number of amides is 1. The standard InChI is InChI=1S/C11H15N3O3/c1-6-7-3-4-11(2,10(12)15)5-13-8(6)9(7)14(16)17/h3-9H,1-2H3,(H2,12,15)/b4-3-,13-5-. The van der Waals surface area contributed by atoms with Crippen LogP contribution >= 0.6 is 0 Å². The van der Waals surface area contributed by atoms with E-state index in [1.807, 2.05) is 6.92 Å². The first-order valence-electron chi connectivity index (χ1n) is 5.54. The van der Waals surface area contributed by atoms with Gasteiger partial charge >= 0.3 is 0 Å². The fourth-order valence-corrected chi connectivity index (χ4v) is 2.45. The molecule has 6 heteroatoms. The van der Waals surface area contributed by atoms with Gasteiger partial charge in [-0.05, 0) is 12.8 Å². The van der Waals surface area contributed by atoms with Crippen molar-refractivity contribution in [2.75, 3.05) is 0 Å². The number of nitrogens with two attached hydrogens (primary N) is 1. The second kappa shape index (κ2) is 3.65. The lowest BCUT2D eigenvalue weighted by Crippen LogP contribution is -2.57. The van der Waals surface area contributed by atoms with Crippen molar-refractivity contribution in [1.82, 2.24) is 0 Å². The van der Waals surface area contributed by atoms with Crippen LogP contribution in [0.4, 0.5) is 0 Å². The quantitative estimate of drug-likeness (QED) is 0.427. The third-order valence-corrected chi connectivity index (χ3v) is 3.84. The van der Waals surface area contributed by atoms with Crippen molar-refractivity contribution in [3.8, 4) is 0 Å². The predicted molar refractivity (Wildman–Crippen MR) is 62.2 cm³/mol. The fourth-order valence-electron chi connectivity index (χ4n) is 2.45. The zero-order valence-electron chi connectivity index (χ0n) is 9.74. The maximum Gasteiger partial charge on any atom is 0.241 e. The predicted octanol–water partition coefficient (Wildman–Crippen LogP) is 0.398. The fraction of sp³-hybridized carbons (Fsp3) is 0.636. The molecule has 1 saturated carbocycles. The summed E-state index contributed by atoms with van der Waals surface area (Å²) in [5, 5.41) is 10.9. The SMILES string of the molecule is CC1C2/C=C\C(C)(C(N)=O)/C=N\C1C2[N+](=O)[O-]. The molecule has 3 aliphatic rings. The molecule has 2 heterocycles. The van der Waals surface area contributed by atoms with Gasteiger partial charge in [-0.25, -0.2) is 0 Å². The topological polar surface area (TPSA) is 98.6 Å². The molecule has 5 unspecified atom stereocenters. The summed E-state index contributed by atoms with van der Waals surface area (Å²) in [6.07, 6.45) is 4.81. The van der Waals surface area contributed by atoms with E-state index in [1.165, 1.54) is 6.21 Å². The monoisotopic (exact) mass is 237 g/mol. The second-order valence-electron chi connectivity index (χ2n) is 4.99. The van der Waals surface area contributed by atoms with Gasteiger partial charge in [-0.2, -0.15) is 0 Å². The van der Waals surface area contributed by atoms with Crippen molar-refractivity contribution in [3.05, 3.63) is 22.3 Å². The van der Waals surface area contributed by atoms with Gasteiger partial charge in [0, 0.05) is 11.1 Å². The van der Waals surface area contributed by atoms with Crippen molar-refractivity contribution in [1.29, 1.82) is 0 Å². The minimum absolute atomic E-state index is 0.135. The molecule has 3 rings (SSSR count). The normalized spacial score (nSPS) is 47.2. The molecular weight excluding hydrogens is 222 g/mol. The zero-order valence-corrected chi connectivity index (χ0v) is 9.74. The first-order chi connectivity index (χ1) is 7.87. The molecule has 0 radical (unpaired) electrons. The molecule has 92 valence electrons. The number of hydrogen-bond acceptors (Lipinski definition) is 4. The number of nitrogens with zero attached hydrogens (tertiary/aromatic N) is 2. The molecule has 2 N–H and O–H groups in total. The Balaban J connectivity index is 2.33. The Kier molecular flexibility index (Phi) is 2.52. The Labute approximate surface area is 98.7 Å². The molecule has 0 aromatic rings. The second-order valence-corrected chi connectivity index (χ2v) is 4.99. The van der Waals surface area contributed by atoms with Crippen molar-refractivity contribution < 1.29 is 9.72 Å². The molecule has 2 aliphatic heterocycles. The highest BCUT2D eigenvalue weighted by molar-refractivity contribution is 5.99. The van der Waals surface area contributed by atoms with Crippen LogP contribution in [-0.2, 0) is 4.79 Å². The molecular formula is C11H15N3O3. The van der Waals surface area contributed by atoms with Crippen LogP contribution in [0.3, 0.4) is 0 Å². The van der Waals surface area contributed by atoms with Crippen LogP contribution in [0.25, 0.3) is 0 Å². The van der Waals surface area contributed by atoms with Gasteiger partial charge < -0.3 is 5.73 Å². The maximum absolute atomic E-state index is 11.3. The Morgan fingerprint density at radius 1 is 1.59 bits per heavy atom. The molecule has 0 spiro atoms. The summed E-state index contributed by atoms with van der Waals surface area (Å²) in [6.45, 7) is 3.59. The number of rotatable bonds is 2. The highest BCUT2D eigenvalue weighted by atomic mass is 16.6. The lowest BCUT2D eigenvalue weighted by atomic mass is 9.64. The smallest absolute Gasteiger partial charge is 0.241 e. The van der Waals surface area contributed by atoms with Crippen LogP contribution in [0.5, 0.6) is 0 Å². The summed E-state index contributed by atoms with van der Waals surface area (Å²) in [5.41, 5.74) is 4.36. The van der Waals surface area contributed by atoms with Crippen LogP contribution in [0, 0.1) is 27.4 Å².